The summed E-state index contributed by atoms with van der Waals surface area (Å²) in [4.78, 5) is 26.1. The van der Waals surface area contributed by atoms with Gasteiger partial charge < -0.3 is 5.32 Å². The second kappa shape index (κ2) is 11.2. The number of nitrogens with zero attached hydrogens (tertiary/aromatic N) is 2. The van der Waals surface area contributed by atoms with Crippen molar-refractivity contribution in [1.29, 1.82) is 0 Å². The number of carbonyl (C=O) groups excluding carboxylic acids is 2. The molecule has 1 aromatic heterocycles. The molecule has 0 spiro atoms. The highest BCUT2D eigenvalue weighted by atomic mass is 35.5. The quantitative estimate of drug-likeness (QED) is 0.431. The molecule has 0 fully saturated rings. The van der Waals surface area contributed by atoms with Gasteiger partial charge in [0, 0.05) is 10.6 Å². The number of amides is 2. The molecule has 0 bridgehead atoms. The minimum absolute atomic E-state index is 0.0486. The van der Waals surface area contributed by atoms with Gasteiger partial charge in [0.2, 0.25) is 16.9 Å². The zero-order valence-corrected chi connectivity index (χ0v) is 19.9. The van der Waals surface area contributed by atoms with Crippen molar-refractivity contribution in [2.75, 3.05) is 5.32 Å². The van der Waals surface area contributed by atoms with Crippen LogP contribution in [0.3, 0.4) is 0 Å². The summed E-state index contributed by atoms with van der Waals surface area (Å²) in [6, 6.07) is 16.2. The Bertz CT molecular complexity index is 1060. The minimum Gasteiger partial charge on any atom is -0.344 e. The third kappa shape index (κ3) is 5.93. The Morgan fingerprint density at radius 2 is 1.75 bits per heavy atom. The van der Waals surface area contributed by atoms with Crippen molar-refractivity contribution in [3.05, 3.63) is 65.2 Å². The lowest BCUT2D eigenvalue weighted by atomic mass is 9.93. The molecule has 0 aliphatic heterocycles. The molecule has 0 aliphatic carbocycles. The fourth-order valence-electron chi connectivity index (χ4n) is 3.41. The van der Waals surface area contributed by atoms with Gasteiger partial charge in [0.1, 0.15) is 11.0 Å². The van der Waals surface area contributed by atoms with Crippen LogP contribution in [0.2, 0.25) is 5.02 Å². The summed E-state index contributed by atoms with van der Waals surface area (Å²) in [5, 5.41) is 15.7. The van der Waals surface area contributed by atoms with E-state index >= 15 is 0 Å². The number of anilines is 1. The van der Waals surface area contributed by atoms with E-state index in [1.165, 1.54) is 11.3 Å². The Balaban J connectivity index is 1.73. The molecule has 1 heterocycles. The highest BCUT2D eigenvalue weighted by molar-refractivity contribution is 7.18. The SMILES string of the molecule is CCC(C(=O)NC(C(=O)Nc1nnc(-c2cccc(Cl)c2)s1)C(C)CC)c1ccccc1. The molecule has 2 N–H and O–H groups in total. The summed E-state index contributed by atoms with van der Waals surface area (Å²) in [7, 11) is 0. The first kappa shape index (κ1) is 23.9. The predicted octanol–water partition coefficient (Wildman–Crippen LogP) is 5.52. The maximum atomic E-state index is 13.1. The summed E-state index contributed by atoms with van der Waals surface area (Å²) in [5.74, 6) is -0.820. The fourth-order valence-corrected chi connectivity index (χ4v) is 4.34. The first-order valence-electron chi connectivity index (χ1n) is 10.7. The Morgan fingerprint density at radius 3 is 2.41 bits per heavy atom. The first-order valence-corrected chi connectivity index (χ1v) is 11.9. The second-order valence-corrected chi connectivity index (χ2v) is 9.07. The number of aromatic nitrogens is 2. The van der Waals surface area contributed by atoms with Gasteiger partial charge in [0.05, 0.1) is 5.92 Å². The lowest BCUT2D eigenvalue weighted by Gasteiger charge is -2.25. The van der Waals surface area contributed by atoms with Gasteiger partial charge in [-0.05, 0) is 30.0 Å². The number of carbonyl (C=O) groups is 2. The van der Waals surface area contributed by atoms with Crippen molar-refractivity contribution in [3.63, 3.8) is 0 Å². The van der Waals surface area contributed by atoms with Crippen LogP contribution < -0.4 is 10.6 Å². The molecular weight excluding hydrogens is 444 g/mol. The van der Waals surface area contributed by atoms with E-state index in [-0.39, 0.29) is 23.7 Å². The summed E-state index contributed by atoms with van der Waals surface area (Å²) < 4.78 is 0. The molecule has 3 atom stereocenters. The van der Waals surface area contributed by atoms with Gasteiger partial charge >= 0.3 is 0 Å². The van der Waals surface area contributed by atoms with E-state index in [0.29, 0.717) is 21.6 Å². The lowest BCUT2D eigenvalue weighted by Crippen LogP contribution is -2.49. The van der Waals surface area contributed by atoms with Gasteiger partial charge in [0.15, 0.2) is 0 Å². The molecule has 0 radical (unpaired) electrons. The Kier molecular flexibility index (Phi) is 8.36. The van der Waals surface area contributed by atoms with Crippen LogP contribution >= 0.6 is 22.9 Å². The third-order valence-corrected chi connectivity index (χ3v) is 6.57. The summed E-state index contributed by atoms with van der Waals surface area (Å²) in [5.41, 5.74) is 1.77. The van der Waals surface area contributed by atoms with E-state index in [1.807, 2.05) is 63.2 Å². The van der Waals surface area contributed by atoms with E-state index < -0.39 is 6.04 Å². The maximum absolute atomic E-state index is 13.1. The maximum Gasteiger partial charge on any atom is 0.249 e. The number of halogens is 1. The Hall–Kier alpha value is -2.77. The zero-order valence-electron chi connectivity index (χ0n) is 18.3. The van der Waals surface area contributed by atoms with Gasteiger partial charge in [0.25, 0.3) is 0 Å². The lowest BCUT2D eigenvalue weighted by molar-refractivity contribution is -0.128. The summed E-state index contributed by atoms with van der Waals surface area (Å²) >= 11 is 7.32. The average Bonchev–Trinajstić information content (AvgIpc) is 3.26. The predicted molar refractivity (Wildman–Crippen MR) is 130 cm³/mol. The molecule has 8 heteroatoms. The van der Waals surface area contributed by atoms with Crippen LogP contribution in [0.1, 0.15) is 45.1 Å². The summed E-state index contributed by atoms with van der Waals surface area (Å²) in [6.45, 7) is 5.91. The Morgan fingerprint density at radius 1 is 1.00 bits per heavy atom. The van der Waals surface area contributed by atoms with Crippen molar-refractivity contribution < 1.29 is 9.59 Å². The highest BCUT2D eigenvalue weighted by Gasteiger charge is 2.29. The van der Waals surface area contributed by atoms with Crippen LogP contribution in [0, 0.1) is 5.92 Å². The van der Waals surface area contributed by atoms with Crippen molar-refractivity contribution in [2.24, 2.45) is 5.92 Å². The van der Waals surface area contributed by atoms with Crippen LogP contribution in [0.15, 0.2) is 54.6 Å². The minimum atomic E-state index is -0.677. The molecule has 0 aliphatic rings. The van der Waals surface area contributed by atoms with Gasteiger partial charge in [-0.1, -0.05) is 92.6 Å². The molecule has 32 heavy (non-hydrogen) atoms. The molecule has 2 amide bonds. The number of hydrogen-bond donors (Lipinski definition) is 2. The van der Waals surface area contributed by atoms with Gasteiger partial charge in [-0.2, -0.15) is 0 Å². The molecule has 2 aromatic carbocycles. The smallest absolute Gasteiger partial charge is 0.249 e. The van der Waals surface area contributed by atoms with E-state index in [1.54, 1.807) is 12.1 Å². The van der Waals surface area contributed by atoms with Crippen molar-refractivity contribution in [1.82, 2.24) is 15.5 Å². The molecule has 6 nitrogen and oxygen atoms in total. The first-order chi connectivity index (χ1) is 15.4. The van der Waals surface area contributed by atoms with Crippen molar-refractivity contribution in [2.45, 2.75) is 45.6 Å². The normalized spacial score (nSPS) is 13.8. The fraction of sp³-hybridized carbons (Fsp3) is 0.333. The average molecular weight is 471 g/mol. The topological polar surface area (TPSA) is 84.0 Å². The van der Waals surface area contributed by atoms with Crippen LogP contribution in [0.25, 0.3) is 10.6 Å². The second-order valence-electron chi connectivity index (χ2n) is 7.66. The standard InChI is InChI=1S/C24H27ClN4O2S/c1-4-15(3)20(26-21(30)19(5-2)16-10-7-6-8-11-16)22(31)27-24-29-28-23(32-24)17-12-9-13-18(25)14-17/h6-15,19-20H,4-5H2,1-3H3,(H,26,30)(H,27,29,31). The third-order valence-electron chi connectivity index (χ3n) is 5.45. The molecule has 3 rings (SSSR count). The van der Waals surface area contributed by atoms with Crippen molar-refractivity contribution in [3.8, 4) is 10.6 Å². The molecule has 168 valence electrons. The van der Waals surface area contributed by atoms with Crippen LogP contribution in [-0.2, 0) is 9.59 Å². The number of rotatable bonds is 9. The van der Waals surface area contributed by atoms with Gasteiger partial charge in [-0.15, -0.1) is 10.2 Å². The molecular formula is C24H27ClN4O2S. The van der Waals surface area contributed by atoms with E-state index in [9.17, 15) is 9.59 Å². The summed E-state index contributed by atoms with van der Waals surface area (Å²) in [6.07, 6.45) is 1.38. The van der Waals surface area contributed by atoms with Crippen LogP contribution in [-0.4, -0.2) is 28.1 Å². The zero-order chi connectivity index (χ0) is 23.1. The highest BCUT2D eigenvalue weighted by Crippen LogP contribution is 2.28. The van der Waals surface area contributed by atoms with Crippen molar-refractivity contribution >= 4 is 39.9 Å². The monoisotopic (exact) mass is 470 g/mol. The molecule has 0 saturated heterocycles. The largest absolute Gasteiger partial charge is 0.344 e. The molecule has 0 saturated carbocycles. The van der Waals surface area contributed by atoms with E-state index in [4.69, 9.17) is 11.6 Å². The van der Waals surface area contributed by atoms with Crippen LogP contribution in [0.5, 0.6) is 0 Å². The number of nitrogens with one attached hydrogen (secondary N) is 2. The number of benzene rings is 2. The van der Waals surface area contributed by atoms with Gasteiger partial charge in [-0.3, -0.25) is 14.9 Å². The Labute approximate surface area is 197 Å². The van der Waals surface area contributed by atoms with E-state index in [0.717, 1.165) is 17.5 Å². The molecule has 3 aromatic rings. The molecule has 3 unspecified atom stereocenters. The number of hydrogen-bond acceptors (Lipinski definition) is 5. The van der Waals surface area contributed by atoms with Crippen LogP contribution in [0.4, 0.5) is 5.13 Å². The van der Waals surface area contributed by atoms with E-state index in [2.05, 4.69) is 20.8 Å². The van der Waals surface area contributed by atoms with Gasteiger partial charge in [-0.25, -0.2) is 0 Å².